The van der Waals surface area contributed by atoms with Gasteiger partial charge < -0.3 is 5.32 Å². The monoisotopic (exact) mass is 217 g/mol. The van der Waals surface area contributed by atoms with Crippen LogP contribution in [0, 0.1) is 13.8 Å². The quantitative estimate of drug-likeness (QED) is 0.850. The van der Waals surface area contributed by atoms with Crippen molar-refractivity contribution in [3.05, 3.63) is 29.8 Å². The molecule has 0 spiro atoms. The summed E-state index contributed by atoms with van der Waals surface area (Å²) in [6.45, 7) is 6.71. The Morgan fingerprint density at radius 3 is 2.75 bits per heavy atom. The number of hydrogen-bond donors (Lipinski definition) is 1. The largest absolute Gasteiger partial charge is 0.370 e. The molecule has 0 aliphatic carbocycles. The molecule has 0 unspecified atom stereocenters. The average molecular weight is 217 g/mol. The Kier molecular flexibility index (Phi) is 2.85. The van der Waals surface area contributed by atoms with E-state index in [2.05, 4.69) is 20.4 Å². The van der Waals surface area contributed by atoms with Crippen LogP contribution in [0.25, 0.3) is 5.82 Å². The van der Waals surface area contributed by atoms with Crippen molar-refractivity contribution in [2.75, 3.05) is 11.9 Å². The molecule has 5 heteroatoms. The molecule has 0 aliphatic rings. The summed E-state index contributed by atoms with van der Waals surface area (Å²) in [7, 11) is 0. The van der Waals surface area contributed by atoms with E-state index in [0.29, 0.717) is 0 Å². The van der Waals surface area contributed by atoms with Gasteiger partial charge in [0.15, 0.2) is 5.82 Å². The van der Waals surface area contributed by atoms with Gasteiger partial charge in [-0.2, -0.15) is 5.10 Å². The van der Waals surface area contributed by atoms with E-state index in [4.69, 9.17) is 0 Å². The third-order valence-corrected chi connectivity index (χ3v) is 2.14. The molecule has 2 aromatic heterocycles. The summed E-state index contributed by atoms with van der Waals surface area (Å²) in [4.78, 5) is 8.64. The van der Waals surface area contributed by atoms with Crippen molar-refractivity contribution in [3.8, 4) is 5.82 Å². The Morgan fingerprint density at radius 1 is 1.31 bits per heavy atom. The fraction of sp³-hybridized carbons (Fsp3) is 0.364. The lowest BCUT2D eigenvalue weighted by Gasteiger charge is -2.06. The lowest BCUT2D eigenvalue weighted by Crippen LogP contribution is -2.06. The Labute approximate surface area is 94.5 Å². The van der Waals surface area contributed by atoms with Crippen molar-refractivity contribution in [2.45, 2.75) is 20.8 Å². The second kappa shape index (κ2) is 4.30. The molecular weight excluding hydrogens is 202 g/mol. The highest BCUT2D eigenvalue weighted by atomic mass is 15.3. The van der Waals surface area contributed by atoms with Crippen LogP contribution in [-0.2, 0) is 0 Å². The summed E-state index contributed by atoms with van der Waals surface area (Å²) < 4.78 is 1.75. The minimum atomic E-state index is 0.738. The maximum atomic E-state index is 4.35. The molecule has 0 fully saturated rings. The summed E-state index contributed by atoms with van der Waals surface area (Å²) in [5.41, 5.74) is 0.973. The van der Waals surface area contributed by atoms with Crippen LogP contribution in [0.4, 0.5) is 5.82 Å². The first-order valence-corrected chi connectivity index (χ1v) is 5.31. The molecule has 0 radical (unpaired) electrons. The molecular formula is C11H15N5. The van der Waals surface area contributed by atoms with Gasteiger partial charge in [0.1, 0.15) is 11.6 Å². The van der Waals surface area contributed by atoms with Crippen molar-refractivity contribution in [1.82, 2.24) is 19.7 Å². The lowest BCUT2D eigenvalue weighted by atomic mass is 10.5. The highest BCUT2D eigenvalue weighted by molar-refractivity contribution is 5.41. The van der Waals surface area contributed by atoms with E-state index in [9.17, 15) is 0 Å². The molecule has 16 heavy (non-hydrogen) atoms. The van der Waals surface area contributed by atoms with Gasteiger partial charge in [-0.25, -0.2) is 14.6 Å². The predicted molar refractivity (Wildman–Crippen MR) is 62.8 cm³/mol. The number of rotatable bonds is 3. The smallest absolute Gasteiger partial charge is 0.159 e. The number of aryl methyl sites for hydroxylation is 2. The van der Waals surface area contributed by atoms with Gasteiger partial charge in [-0.1, -0.05) is 0 Å². The third-order valence-electron chi connectivity index (χ3n) is 2.14. The van der Waals surface area contributed by atoms with E-state index in [1.54, 1.807) is 4.68 Å². The SMILES string of the molecule is CCNc1cc(-n2ccc(C)n2)nc(C)n1. The van der Waals surface area contributed by atoms with Gasteiger partial charge in [0.25, 0.3) is 0 Å². The maximum Gasteiger partial charge on any atom is 0.159 e. The van der Waals surface area contributed by atoms with Crippen molar-refractivity contribution < 1.29 is 0 Å². The fourth-order valence-electron chi connectivity index (χ4n) is 1.48. The summed E-state index contributed by atoms with van der Waals surface area (Å²) in [6, 6.07) is 3.84. The van der Waals surface area contributed by atoms with Gasteiger partial charge in [-0.15, -0.1) is 0 Å². The van der Waals surface area contributed by atoms with Crippen molar-refractivity contribution >= 4 is 5.82 Å². The molecule has 0 aromatic carbocycles. The van der Waals surface area contributed by atoms with Crippen LogP contribution in [0.3, 0.4) is 0 Å². The standard InChI is InChI=1S/C11H15N5/c1-4-12-10-7-11(14-9(3)13-10)16-6-5-8(2)15-16/h5-7H,4H2,1-3H3,(H,12,13,14). The molecule has 2 rings (SSSR count). The fourth-order valence-corrected chi connectivity index (χ4v) is 1.48. The first-order valence-electron chi connectivity index (χ1n) is 5.31. The van der Waals surface area contributed by atoms with Crippen molar-refractivity contribution in [1.29, 1.82) is 0 Å². The van der Waals surface area contributed by atoms with Crippen LogP contribution in [0.1, 0.15) is 18.4 Å². The van der Waals surface area contributed by atoms with Crippen LogP contribution in [0.2, 0.25) is 0 Å². The number of aromatic nitrogens is 4. The molecule has 0 bridgehead atoms. The molecule has 2 heterocycles. The van der Waals surface area contributed by atoms with Gasteiger partial charge in [0.2, 0.25) is 0 Å². The van der Waals surface area contributed by atoms with E-state index >= 15 is 0 Å². The molecule has 0 atom stereocenters. The lowest BCUT2D eigenvalue weighted by molar-refractivity contribution is 0.816. The molecule has 5 nitrogen and oxygen atoms in total. The van der Waals surface area contributed by atoms with Crippen LogP contribution >= 0.6 is 0 Å². The number of anilines is 1. The van der Waals surface area contributed by atoms with Crippen LogP contribution in [0.15, 0.2) is 18.3 Å². The maximum absolute atomic E-state index is 4.35. The van der Waals surface area contributed by atoms with Gasteiger partial charge in [-0.05, 0) is 26.8 Å². The van der Waals surface area contributed by atoms with Gasteiger partial charge in [0.05, 0.1) is 5.69 Å². The summed E-state index contributed by atoms with van der Waals surface area (Å²) >= 11 is 0. The van der Waals surface area contributed by atoms with Crippen molar-refractivity contribution in [3.63, 3.8) is 0 Å². The molecule has 84 valence electrons. The average Bonchev–Trinajstić information content (AvgIpc) is 2.64. The Bertz CT molecular complexity index is 489. The first-order chi connectivity index (χ1) is 7.69. The number of nitrogens with zero attached hydrogens (tertiary/aromatic N) is 4. The second-order valence-electron chi connectivity index (χ2n) is 3.59. The molecule has 0 amide bonds. The van der Waals surface area contributed by atoms with Crippen LogP contribution in [-0.4, -0.2) is 26.3 Å². The summed E-state index contributed by atoms with van der Waals surface area (Å²) in [5.74, 6) is 2.36. The first kappa shape index (κ1) is 10.6. The number of hydrogen-bond acceptors (Lipinski definition) is 4. The highest BCUT2D eigenvalue weighted by Gasteiger charge is 2.04. The summed E-state index contributed by atoms with van der Waals surface area (Å²) in [6.07, 6.45) is 1.90. The van der Waals surface area contributed by atoms with Crippen LogP contribution in [0.5, 0.6) is 0 Å². The summed E-state index contributed by atoms with van der Waals surface area (Å²) in [5, 5.41) is 7.49. The van der Waals surface area contributed by atoms with Gasteiger partial charge in [0, 0.05) is 18.8 Å². The second-order valence-corrected chi connectivity index (χ2v) is 3.59. The Balaban J connectivity index is 2.40. The minimum absolute atomic E-state index is 0.738. The highest BCUT2D eigenvalue weighted by Crippen LogP contribution is 2.10. The number of nitrogens with one attached hydrogen (secondary N) is 1. The molecule has 1 N–H and O–H groups in total. The van der Waals surface area contributed by atoms with E-state index < -0.39 is 0 Å². The van der Waals surface area contributed by atoms with E-state index in [-0.39, 0.29) is 0 Å². The molecule has 0 saturated heterocycles. The zero-order valence-corrected chi connectivity index (χ0v) is 9.73. The zero-order chi connectivity index (χ0) is 11.5. The van der Waals surface area contributed by atoms with Crippen molar-refractivity contribution in [2.24, 2.45) is 0 Å². The van der Waals surface area contributed by atoms with Gasteiger partial charge in [-0.3, -0.25) is 0 Å². The van der Waals surface area contributed by atoms with E-state index in [1.165, 1.54) is 0 Å². The Hall–Kier alpha value is -1.91. The van der Waals surface area contributed by atoms with E-state index in [1.807, 2.05) is 39.1 Å². The van der Waals surface area contributed by atoms with Crippen LogP contribution < -0.4 is 5.32 Å². The Morgan fingerprint density at radius 2 is 2.12 bits per heavy atom. The normalized spacial score (nSPS) is 10.4. The zero-order valence-electron chi connectivity index (χ0n) is 9.73. The molecule has 0 saturated carbocycles. The molecule has 2 aromatic rings. The minimum Gasteiger partial charge on any atom is -0.370 e. The topological polar surface area (TPSA) is 55.6 Å². The van der Waals surface area contributed by atoms with Gasteiger partial charge >= 0.3 is 0 Å². The van der Waals surface area contributed by atoms with E-state index in [0.717, 1.165) is 29.7 Å². The predicted octanol–water partition coefficient (Wildman–Crippen LogP) is 1.71. The molecule has 0 aliphatic heterocycles. The third kappa shape index (κ3) is 2.18.